The van der Waals surface area contributed by atoms with Crippen molar-refractivity contribution in [3.8, 4) is 0 Å². The Hall–Kier alpha value is -1.52. The largest absolute Gasteiger partial charge is 0.508 e. The molecule has 0 spiro atoms. The summed E-state index contributed by atoms with van der Waals surface area (Å²) in [6.07, 6.45) is 20.0. The van der Waals surface area contributed by atoms with Gasteiger partial charge in [0.05, 0.1) is 0 Å². The fourth-order valence-electron chi connectivity index (χ4n) is 3.05. The molecule has 1 rings (SSSR count). The molecule has 1 heterocycles. The average molecular weight is 383 g/mol. The van der Waals surface area contributed by atoms with Crippen molar-refractivity contribution in [3.05, 3.63) is 12.2 Å². The first-order chi connectivity index (χ1) is 13.2. The van der Waals surface area contributed by atoms with Crippen molar-refractivity contribution in [2.45, 2.75) is 103 Å². The monoisotopic (exact) mass is 382 g/mol. The highest BCUT2D eigenvalue weighted by Gasteiger charge is 2.26. The summed E-state index contributed by atoms with van der Waals surface area (Å²) in [5.41, 5.74) is 0. The molecule has 1 aliphatic heterocycles. The number of cyclic esters (lactones) is 2. The van der Waals surface area contributed by atoms with E-state index in [4.69, 9.17) is 9.47 Å². The van der Waals surface area contributed by atoms with E-state index in [0.717, 1.165) is 19.3 Å². The molecule has 1 atom stereocenters. The van der Waals surface area contributed by atoms with Crippen molar-refractivity contribution in [2.75, 3.05) is 13.2 Å². The van der Waals surface area contributed by atoms with E-state index in [2.05, 4.69) is 23.8 Å². The van der Waals surface area contributed by atoms with Crippen molar-refractivity contribution in [1.29, 1.82) is 0 Å². The first kappa shape index (κ1) is 23.5. The number of hydrogen-bond donors (Lipinski definition) is 0. The Morgan fingerprint density at radius 3 is 2.15 bits per heavy atom. The number of unbranched alkanes of at least 4 members (excludes halogenated alkanes) is 11. The summed E-state index contributed by atoms with van der Waals surface area (Å²) in [6, 6.07) is 0. The van der Waals surface area contributed by atoms with E-state index in [-0.39, 0.29) is 19.2 Å². The lowest BCUT2D eigenvalue weighted by atomic mass is 10.1. The van der Waals surface area contributed by atoms with Gasteiger partial charge in [-0.1, -0.05) is 70.4 Å². The second-order valence-corrected chi connectivity index (χ2v) is 7.32. The maximum atomic E-state index is 11.6. The van der Waals surface area contributed by atoms with Crippen molar-refractivity contribution < 1.29 is 23.8 Å². The minimum Gasteiger partial charge on any atom is -0.462 e. The summed E-state index contributed by atoms with van der Waals surface area (Å²) in [5.74, 6) is -0.226. The highest BCUT2D eigenvalue weighted by atomic mass is 16.8. The highest BCUT2D eigenvalue weighted by Crippen LogP contribution is 2.11. The first-order valence-corrected chi connectivity index (χ1v) is 10.9. The van der Waals surface area contributed by atoms with E-state index in [0.29, 0.717) is 6.42 Å². The summed E-state index contributed by atoms with van der Waals surface area (Å²) in [4.78, 5) is 22.3. The molecular formula is C22H38O5. The molecule has 0 aromatic heterocycles. The Kier molecular flexibility index (Phi) is 14.5. The van der Waals surface area contributed by atoms with Gasteiger partial charge in [-0.05, 0) is 32.1 Å². The third-order valence-electron chi connectivity index (χ3n) is 4.72. The van der Waals surface area contributed by atoms with Crippen molar-refractivity contribution in [2.24, 2.45) is 0 Å². The zero-order chi connectivity index (χ0) is 19.6. The SMILES string of the molecule is CCCCCCCCC=CCCCCCCCC(=O)OCC1COC(=O)O1. The van der Waals surface area contributed by atoms with Gasteiger partial charge < -0.3 is 14.2 Å². The van der Waals surface area contributed by atoms with E-state index >= 15 is 0 Å². The molecule has 0 aromatic rings. The molecule has 5 heteroatoms. The Labute approximate surface area is 164 Å². The molecule has 156 valence electrons. The van der Waals surface area contributed by atoms with Gasteiger partial charge in [0.25, 0.3) is 0 Å². The van der Waals surface area contributed by atoms with Gasteiger partial charge in [-0.15, -0.1) is 0 Å². The maximum absolute atomic E-state index is 11.6. The van der Waals surface area contributed by atoms with Gasteiger partial charge in [0.1, 0.15) is 13.2 Å². The van der Waals surface area contributed by atoms with E-state index < -0.39 is 12.3 Å². The summed E-state index contributed by atoms with van der Waals surface area (Å²) in [5, 5.41) is 0. The lowest BCUT2D eigenvalue weighted by molar-refractivity contribution is -0.146. The Balaban J connectivity index is 1.78. The molecule has 5 nitrogen and oxygen atoms in total. The predicted molar refractivity (Wildman–Crippen MR) is 107 cm³/mol. The molecule has 1 saturated heterocycles. The molecular weight excluding hydrogens is 344 g/mol. The van der Waals surface area contributed by atoms with Crippen LogP contribution in [0.3, 0.4) is 0 Å². The third kappa shape index (κ3) is 14.2. The molecule has 0 saturated carbocycles. The topological polar surface area (TPSA) is 61.8 Å². The van der Waals surface area contributed by atoms with E-state index in [9.17, 15) is 9.59 Å². The van der Waals surface area contributed by atoms with Crippen LogP contribution in [-0.2, 0) is 19.0 Å². The van der Waals surface area contributed by atoms with Crippen LogP contribution < -0.4 is 0 Å². The highest BCUT2D eigenvalue weighted by molar-refractivity contribution is 5.69. The summed E-state index contributed by atoms with van der Waals surface area (Å²) < 4.78 is 14.5. The second kappa shape index (κ2) is 16.6. The molecule has 1 unspecified atom stereocenters. The summed E-state index contributed by atoms with van der Waals surface area (Å²) in [7, 11) is 0. The van der Waals surface area contributed by atoms with Crippen LogP contribution in [0.2, 0.25) is 0 Å². The molecule has 27 heavy (non-hydrogen) atoms. The van der Waals surface area contributed by atoms with Crippen molar-refractivity contribution >= 4 is 12.1 Å². The quantitative estimate of drug-likeness (QED) is 0.173. The van der Waals surface area contributed by atoms with Gasteiger partial charge in [-0.3, -0.25) is 4.79 Å². The predicted octanol–water partition coefficient (Wildman–Crippen LogP) is 6.10. The van der Waals surface area contributed by atoms with Crippen LogP contribution in [0.15, 0.2) is 12.2 Å². The van der Waals surface area contributed by atoms with Crippen LogP contribution in [0, 0.1) is 0 Å². The van der Waals surface area contributed by atoms with E-state index in [1.54, 1.807) is 0 Å². The second-order valence-electron chi connectivity index (χ2n) is 7.32. The van der Waals surface area contributed by atoms with Crippen molar-refractivity contribution in [3.63, 3.8) is 0 Å². The summed E-state index contributed by atoms with van der Waals surface area (Å²) >= 11 is 0. The fourth-order valence-corrected chi connectivity index (χ4v) is 3.05. The first-order valence-electron chi connectivity index (χ1n) is 10.9. The lowest BCUT2D eigenvalue weighted by Crippen LogP contribution is -2.20. The van der Waals surface area contributed by atoms with Crippen LogP contribution in [0.25, 0.3) is 0 Å². The van der Waals surface area contributed by atoms with Gasteiger partial charge >= 0.3 is 12.1 Å². The summed E-state index contributed by atoms with van der Waals surface area (Å²) in [6.45, 7) is 2.51. The maximum Gasteiger partial charge on any atom is 0.508 e. The standard InChI is InChI=1S/C22H38O5/c1-2-3-4-5-6-7-8-9-10-11-12-13-14-15-16-17-21(23)25-18-20-19-26-22(24)27-20/h9-10,20H,2-8,11-19H2,1H3. The number of carbonyl (C=O) groups is 2. The molecule has 1 aliphatic rings. The zero-order valence-corrected chi connectivity index (χ0v) is 17.1. The number of ether oxygens (including phenoxy) is 3. The van der Waals surface area contributed by atoms with Gasteiger partial charge in [-0.25, -0.2) is 4.79 Å². The number of carbonyl (C=O) groups excluding carboxylic acids is 2. The number of allylic oxidation sites excluding steroid dienone is 2. The van der Waals surface area contributed by atoms with Crippen LogP contribution >= 0.6 is 0 Å². The lowest BCUT2D eigenvalue weighted by Gasteiger charge is -2.07. The number of hydrogen-bond acceptors (Lipinski definition) is 5. The molecule has 0 N–H and O–H groups in total. The molecule has 0 aliphatic carbocycles. The molecule has 1 fully saturated rings. The molecule has 0 aromatic carbocycles. The number of rotatable bonds is 17. The Morgan fingerprint density at radius 1 is 0.963 bits per heavy atom. The van der Waals surface area contributed by atoms with Crippen LogP contribution in [0.4, 0.5) is 4.79 Å². The smallest absolute Gasteiger partial charge is 0.462 e. The minimum atomic E-state index is -0.687. The normalized spacial score (nSPS) is 16.5. The molecule has 0 amide bonds. The van der Waals surface area contributed by atoms with Crippen LogP contribution in [-0.4, -0.2) is 31.4 Å². The van der Waals surface area contributed by atoms with E-state index in [1.807, 2.05) is 0 Å². The van der Waals surface area contributed by atoms with Gasteiger partial charge in [-0.2, -0.15) is 0 Å². The Morgan fingerprint density at radius 2 is 1.56 bits per heavy atom. The van der Waals surface area contributed by atoms with E-state index in [1.165, 1.54) is 64.2 Å². The van der Waals surface area contributed by atoms with Crippen LogP contribution in [0.5, 0.6) is 0 Å². The minimum absolute atomic E-state index is 0.0929. The third-order valence-corrected chi connectivity index (χ3v) is 4.72. The molecule has 0 radical (unpaired) electrons. The molecule has 0 bridgehead atoms. The average Bonchev–Trinajstić information content (AvgIpc) is 3.08. The van der Waals surface area contributed by atoms with Gasteiger partial charge in [0.2, 0.25) is 0 Å². The van der Waals surface area contributed by atoms with Crippen molar-refractivity contribution in [1.82, 2.24) is 0 Å². The van der Waals surface area contributed by atoms with Gasteiger partial charge in [0.15, 0.2) is 6.10 Å². The Bertz CT molecular complexity index is 419. The number of esters is 1. The fraction of sp³-hybridized carbons (Fsp3) is 0.818. The van der Waals surface area contributed by atoms with Gasteiger partial charge in [0, 0.05) is 6.42 Å². The zero-order valence-electron chi connectivity index (χ0n) is 17.1. The van der Waals surface area contributed by atoms with Crippen LogP contribution in [0.1, 0.15) is 96.8 Å².